The lowest BCUT2D eigenvalue weighted by molar-refractivity contribution is 1.18. The van der Waals surface area contributed by atoms with E-state index in [9.17, 15) is 0 Å². The molecule has 0 atom stereocenters. The van der Waals surface area contributed by atoms with Crippen molar-refractivity contribution in [3.05, 3.63) is 279 Å². The highest BCUT2D eigenvalue weighted by Crippen LogP contribution is 2.45. The number of nitrogens with zero attached hydrogens (tertiary/aromatic N) is 2. The van der Waals surface area contributed by atoms with Gasteiger partial charge in [0.2, 0.25) is 0 Å². The van der Waals surface area contributed by atoms with E-state index in [1.807, 2.05) is 0 Å². The van der Waals surface area contributed by atoms with Crippen LogP contribution in [0.3, 0.4) is 0 Å². The smallest absolute Gasteiger partial charge is 0.0553 e. The van der Waals surface area contributed by atoms with Gasteiger partial charge in [-0.2, -0.15) is 0 Å². The molecule has 0 unspecified atom stereocenters. The molecule has 2 nitrogen and oxygen atoms in total. The summed E-state index contributed by atoms with van der Waals surface area (Å²) >= 11 is 0. The molecule has 14 aromatic rings. The standard InChI is InChI=1S/C70H46N2/c1-2-19-57(20-3-1)72-67-27-11-10-25-66(67)70-68(72)46-54-16-6-9-24-65(54)69(70)56-18-12-21-60(45-56)71(59-41-36-49(37-42-59)53-38-43-64-55(44-53)33-32-51-15-5-8-23-62(51)64)58-39-34-48(35-40-58)47-28-30-52(31-29-47)63-26-13-17-50-14-4-7-22-61(50)63/h1-46H. The van der Waals surface area contributed by atoms with Crippen molar-refractivity contribution in [3.8, 4) is 50.2 Å². The Morgan fingerprint density at radius 3 is 1.51 bits per heavy atom. The van der Waals surface area contributed by atoms with Crippen molar-refractivity contribution in [2.75, 3.05) is 4.90 Å². The molecular formula is C70H46N2. The summed E-state index contributed by atoms with van der Waals surface area (Å²) in [5.74, 6) is 0. The maximum atomic E-state index is 2.43. The summed E-state index contributed by atoms with van der Waals surface area (Å²) in [5, 5.41) is 12.5. The van der Waals surface area contributed by atoms with Crippen molar-refractivity contribution in [2.24, 2.45) is 0 Å². The van der Waals surface area contributed by atoms with Crippen LogP contribution in [-0.4, -0.2) is 4.57 Å². The molecule has 0 aliphatic carbocycles. The van der Waals surface area contributed by atoms with Crippen LogP contribution in [0.4, 0.5) is 17.1 Å². The molecule has 0 aliphatic heterocycles. The van der Waals surface area contributed by atoms with Crippen LogP contribution in [0, 0.1) is 0 Å². The van der Waals surface area contributed by atoms with E-state index in [-0.39, 0.29) is 0 Å². The molecule has 0 aliphatic rings. The maximum absolute atomic E-state index is 2.43. The van der Waals surface area contributed by atoms with Gasteiger partial charge in [0.25, 0.3) is 0 Å². The summed E-state index contributed by atoms with van der Waals surface area (Å²) < 4.78 is 2.43. The molecule has 14 rings (SSSR count). The highest BCUT2D eigenvalue weighted by Gasteiger charge is 2.21. The first kappa shape index (κ1) is 41.5. The zero-order chi connectivity index (χ0) is 47.5. The average molecular weight is 915 g/mol. The Balaban J connectivity index is 0.897. The van der Waals surface area contributed by atoms with Crippen molar-refractivity contribution in [3.63, 3.8) is 0 Å². The lowest BCUT2D eigenvalue weighted by Gasteiger charge is -2.27. The number of aromatic nitrogens is 1. The van der Waals surface area contributed by atoms with E-state index in [0.717, 1.165) is 22.7 Å². The molecule has 0 N–H and O–H groups in total. The quantitative estimate of drug-likeness (QED) is 0.138. The Kier molecular flexibility index (Phi) is 9.89. The predicted molar refractivity (Wildman–Crippen MR) is 307 cm³/mol. The molecule has 2 heteroatoms. The molecule has 72 heavy (non-hydrogen) atoms. The summed E-state index contributed by atoms with van der Waals surface area (Å²) in [6, 6.07) is 102. The van der Waals surface area contributed by atoms with Gasteiger partial charge in [0, 0.05) is 33.5 Å². The molecule has 0 bridgehead atoms. The first-order valence-electron chi connectivity index (χ1n) is 24.8. The van der Waals surface area contributed by atoms with E-state index in [0.29, 0.717) is 0 Å². The van der Waals surface area contributed by atoms with Crippen molar-refractivity contribution >= 4 is 82.0 Å². The number of hydrogen-bond donors (Lipinski definition) is 0. The van der Waals surface area contributed by atoms with Gasteiger partial charge in [0.1, 0.15) is 0 Å². The fourth-order valence-electron chi connectivity index (χ4n) is 11.3. The van der Waals surface area contributed by atoms with Crippen molar-refractivity contribution in [1.29, 1.82) is 0 Å². The zero-order valence-corrected chi connectivity index (χ0v) is 39.5. The lowest BCUT2D eigenvalue weighted by Crippen LogP contribution is -2.10. The van der Waals surface area contributed by atoms with Crippen molar-refractivity contribution in [1.82, 2.24) is 4.57 Å². The highest BCUT2D eigenvalue weighted by molar-refractivity contribution is 6.23. The van der Waals surface area contributed by atoms with Crippen LogP contribution in [0.2, 0.25) is 0 Å². The molecule has 336 valence electrons. The van der Waals surface area contributed by atoms with Crippen LogP contribution in [0.15, 0.2) is 279 Å². The van der Waals surface area contributed by atoms with E-state index < -0.39 is 0 Å². The second-order valence-corrected chi connectivity index (χ2v) is 18.9. The number of hydrogen-bond acceptors (Lipinski definition) is 1. The highest BCUT2D eigenvalue weighted by atomic mass is 15.1. The number of para-hydroxylation sites is 2. The first-order valence-corrected chi connectivity index (χ1v) is 24.8. The molecule has 0 amide bonds. The lowest BCUT2D eigenvalue weighted by atomic mass is 9.92. The van der Waals surface area contributed by atoms with Gasteiger partial charge < -0.3 is 9.47 Å². The van der Waals surface area contributed by atoms with Gasteiger partial charge in [-0.05, 0) is 154 Å². The second kappa shape index (κ2) is 17.2. The molecule has 0 radical (unpaired) electrons. The molecule has 0 saturated carbocycles. The molecule has 13 aromatic carbocycles. The Bertz CT molecular complexity index is 4350. The number of fused-ring (bicyclic) bond motifs is 8. The van der Waals surface area contributed by atoms with Gasteiger partial charge in [0.15, 0.2) is 0 Å². The molecule has 0 spiro atoms. The fourth-order valence-corrected chi connectivity index (χ4v) is 11.3. The SMILES string of the molecule is c1ccc(-n2c3ccccc3c3c(-c4cccc(N(c5ccc(-c6ccc(-c7cccc8ccccc78)cc6)cc5)c5ccc(-c6ccc7c(ccc8ccccc87)c6)cc5)c4)c4ccccc4cc32)cc1. The topological polar surface area (TPSA) is 8.17 Å². The molecule has 0 fully saturated rings. The van der Waals surface area contributed by atoms with E-state index in [4.69, 9.17) is 0 Å². The molecule has 0 saturated heterocycles. The molecule has 1 heterocycles. The number of benzene rings is 13. The van der Waals surface area contributed by atoms with Gasteiger partial charge in [-0.3, -0.25) is 0 Å². The van der Waals surface area contributed by atoms with Gasteiger partial charge in [-0.1, -0.05) is 212 Å². The third-order valence-corrected chi connectivity index (χ3v) is 14.7. The fraction of sp³-hybridized carbons (Fsp3) is 0. The van der Waals surface area contributed by atoms with E-state index in [1.54, 1.807) is 0 Å². The summed E-state index contributed by atoms with van der Waals surface area (Å²) in [4.78, 5) is 2.41. The Morgan fingerprint density at radius 2 is 0.764 bits per heavy atom. The average Bonchev–Trinajstić information content (AvgIpc) is 3.78. The molecular weight excluding hydrogens is 869 g/mol. The largest absolute Gasteiger partial charge is 0.310 e. The van der Waals surface area contributed by atoms with Crippen LogP contribution in [-0.2, 0) is 0 Å². The van der Waals surface area contributed by atoms with Crippen molar-refractivity contribution < 1.29 is 0 Å². The summed E-state index contributed by atoms with van der Waals surface area (Å²) in [6.07, 6.45) is 0. The van der Waals surface area contributed by atoms with Crippen molar-refractivity contribution in [2.45, 2.75) is 0 Å². The first-order chi connectivity index (χ1) is 35.7. The Labute approximate surface area is 418 Å². The second-order valence-electron chi connectivity index (χ2n) is 18.9. The summed E-state index contributed by atoms with van der Waals surface area (Å²) in [7, 11) is 0. The van der Waals surface area contributed by atoms with E-state index in [1.165, 1.54) is 109 Å². The van der Waals surface area contributed by atoms with E-state index >= 15 is 0 Å². The minimum Gasteiger partial charge on any atom is -0.310 e. The molecule has 1 aromatic heterocycles. The summed E-state index contributed by atoms with van der Waals surface area (Å²) in [5.41, 5.74) is 16.4. The van der Waals surface area contributed by atoms with Gasteiger partial charge in [0.05, 0.1) is 11.0 Å². The van der Waals surface area contributed by atoms with Crippen LogP contribution in [0.5, 0.6) is 0 Å². The van der Waals surface area contributed by atoms with Gasteiger partial charge in [-0.15, -0.1) is 0 Å². The predicted octanol–water partition coefficient (Wildman–Crippen LogP) is 19.5. The number of rotatable bonds is 8. The van der Waals surface area contributed by atoms with Crippen LogP contribution >= 0.6 is 0 Å². The van der Waals surface area contributed by atoms with Gasteiger partial charge >= 0.3 is 0 Å². The van der Waals surface area contributed by atoms with Gasteiger partial charge in [-0.25, -0.2) is 0 Å². The zero-order valence-electron chi connectivity index (χ0n) is 39.5. The third-order valence-electron chi connectivity index (χ3n) is 14.7. The minimum absolute atomic E-state index is 1.08. The van der Waals surface area contributed by atoms with E-state index in [2.05, 4.69) is 289 Å². The maximum Gasteiger partial charge on any atom is 0.0553 e. The van der Waals surface area contributed by atoms with Crippen LogP contribution in [0.25, 0.3) is 115 Å². The monoisotopic (exact) mass is 914 g/mol. The van der Waals surface area contributed by atoms with Crippen LogP contribution in [0.1, 0.15) is 0 Å². The van der Waals surface area contributed by atoms with Crippen LogP contribution < -0.4 is 4.90 Å². The normalized spacial score (nSPS) is 11.6. The minimum atomic E-state index is 1.08. The summed E-state index contributed by atoms with van der Waals surface area (Å²) in [6.45, 7) is 0. The Hall–Kier alpha value is -9.50. The Morgan fingerprint density at radius 1 is 0.250 bits per heavy atom. The number of anilines is 3. The third kappa shape index (κ3) is 7.03.